The van der Waals surface area contributed by atoms with Gasteiger partial charge in [-0.25, -0.2) is 13.1 Å². The smallest absolute Gasteiger partial charge is 0.240 e. The Morgan fingerprint density at radius 2 is 1.92 bits per heavy atom. The Hall–Kier alpha value is -2.01. The van der Waals surface area contributed by atoms with Gasteiger partial charge in [0, 0.05) is 47.1 Å². The Bertz CT molecular complexity index is 1220. The molecule has 36 heavy (non-hydrogen) atoms. The van der Waals surface area contributed by atoms with Crippen LogP contribution in [0.4, 0.5) is 0 Å². The molecule has 1 aromatic carbocycles. The van der Waals surface area contributed by atoms with Crippen LogP contribution in [0.3, 0.4) is 0 Å². The number of aliphatic hydroxyl groups is 1. The number of ether oxygens (including phenoxy) is 2. The number of hydrogen-bond acceptors (Lipinski definition) is 7. The Morgan fingerprint density at radius 3 is 2.69 bits per heavy atom. The van der Waals surface area contributed by atoms with Crippen LogP contribution >= 0.6 is 11.3 Å². The van der Waals surface area contributed by atoms with Crippen LogP contribution in [0, 0.1) is 6.92 Å². The van der Waals surface area contributed by atoms with E-state index >= 15 is 0 Å². The Balaban J connectivity index is 1.28. The zero-order chi connectivity index (χ0) is 25.1. The van der Waals surface area contributed by atoms with Crippen LogP contribution in [-0.4, -0.2) is 56.9 Å². The fourth-order valence-electron chi connectivity index (χ4n) is 4.94. The number of aryl methyl sites for hydroxylation is 1. The van der Waals surface area contributed by atoms with Gasteiger partial charge < -0.3 is 14.6 Å². The molecule has 3 aliphatic rings. The van der Waals surface area contributed by atoms with Gasteiger partial charge in [-0.1, -0.05) is 12.1 Å². The molecule has 1 atom stereocenters. The molecule has 0 radical (unpaired) electrons. The maximum Gasteiger partial charge on any atom is 0.240 e. The zero-order valence-corrected chi connectivity index (χ0v) is 22.2. The number of hydrogen-bond donors (Lipinski definition) is 2. The molecule has 0 spiro atoms. The molecule has 3 heterocycles. The quantitative estimate of drug-likeness (QED) is 0.560. The molecule has 1 saturated heterocycles. The minimum atomic E-state index is -3.67. The number of aliphatic hydroxyl groups excluding tert-OH is 1. The molecule has 2 N–H and O–H groups in total. The Kier molecular flexibility index (Phi) is 7.95. The van der Waals surface area contributed by atoms with Crippen LogP contribution in [0.5, 0.6) is 0 Å². The number of morpholine rings is 1. The summed E-state index contributed by atoms with van der Waals surface area (Å²) < 4.78 is 40.9. The number of thiophene rings is 1. The molecule has 1 unspecified atom stereocenters. The van der Waals surface area contributed by atoms with Crippen molar-refractivity contribution in [2.24, 2.45) is 0 Å². The fraction of sp³-hybridized carbons (Fsp3) is 0.481. The van der Waals surface area contributed by atoms with Gasteiger partial charge in [-0.2, -0.15) is 0 Å². The summed E-state index contributed by atoms with van der Waals surface area (Å²) in [4.78, 5) is 3.93. The monoisotopic (exact) mass is 530 g/mol. The second-order valence-electron chi connectivity index (χ2n) is 9.79. The van der Waals surface area contributed by atoms with Gasteiger partial charge in [-0.3, -0.25) is 4.90 Å². The first-order chi connectivity index (χ1) is 17.4. The van der Waals surface area contributed by atoms with Crippen LogP contribution in [0.2, 0.25) is 0 Å². The van der Waals surface area contributed by atoms with Crippen molar-refractivity contribution in [3.63, 3.8) is 0 Å². The van der Waals surface area contributed by atoms with Crippen molar-refractivity contribution in [3.8, 4) is 0 Å². The first kappa shape index (κ1) is 25.6. The molecule has 0 amide bonds. The van der Waals surface area contributed by atoms with E-state index in [4.69, 9.17) is 9.47 Å². The lowest BCUT2D eigenvalue weighted by molar-refractivity contribution is 0.0346. The van der Waals surface area contributed by atoms with Crippen molar-refractivity contribution in [1.29, 1.82) is 0 Å². The average molecular weight is 531 g/mol. The highest BCUT2D eigenvalue weighted by Crippen LogP contribution is 2.35. The highest BCUT2D eigenvalue weighted by Gasteiger charge is 2.27. The van der Waals surface area contributed by atoms with Gasteiger partial charge in [-0.15, -0.1) is 11.3 Å². The van der Waals surface area contributed by atoms with Gasteiger partial charge in [0.15, 0.2) is 0 Å². The number of nitrogens with zero attached hydrogens (tertiary/aromatic N) is 1. The molecule has 7 nitrogen and oxygen atoms in total. The maximum absolute atomic E-state index is 13.1. The summed E-state index contributed by atoms with van der Waals surface area (Å²) in [6.45, 7) is 6.36. The summed E-state index contributed by atoms with van der Waals surface area (Å²) in [5.74, 6) is 0.790. The summed E-state index contributed by atoms with van der Waals surface area (Å²) in [5, 5.41) is 11.8. The Morgan fingerprint density at radius 1 is 1.14 bits per heavy atom. The normalized spacial score (nSPS) is 25.4. The number of nitrogens with one attached hydrogen (secondary N) is 1. The molecule has 9 heteroatoms. The van der Waals surface area contributed by atoms with Crippen LogP contribution < -0.4 is 4.72 Å². The van der Waals surface area contributed by atoms with Gasteiger partial charge in [-0.05, 0) is 68.5 Å². The van der Waals surface area contributed by atoms with Crippen molar-refractivity contribution in [2.75, 3.05) is 26.3 Å². The van der Waals surface area contributed by atoms with E-state index in [2.05, 4.69) is 21.1 Å². The molecular weight excluding hydrogens is 496 g/mol. The summed E-state index contributed by atoms with van der Waals surface area (Å²) in [5.41, 5.74) is 2.85. The van der Waals surface area contributed by atoms with Gasteiger partial charge >= 0.3 is 0 Å². The Labute approximate surface area is 217 Å². The molecule has 2 aliphatic heterocycles. The fourth-order valence-corrected chi connectivity index (χ4v) is 7.19. The molecule has 2 aromatic rings. The highest BCUT2D eigenvalue weighted by molar-refractivity contribution is 7.89. The number of sulfonamides is 1. The third-order valence-electron chi connectivity index (χ3n) is 7.09. The minimum absolute atomic E-state index is 0.145. The van der Waals surface area contributed by atoms with Gasteiger partial charge in [0.05, 0.1) is 24.2 Å². The van der Waals surface area contributed by atoms with Gasteiger partial charge in [0.1, 0.15) is 11.9 Å². The molecule has 194 valence electrons. The molecule has 0 bridgehead atoms. The van der Waals surface area contributed by atoms with Crippen LogP contribution in [0.15, 0.2) is 52.8 Å². The number of allylic oxidation sites excluding steroid dienone is 2. The van der Waals surface area contributed by atoms with Crippen LogP contribution in [0.25, 0.3) is 5.76 Å². The van der Waals surface area contributed by atoms with E-state index in [9.17, 15) is 13.5 Å². The third kappa shape index (κ3) is 6.10. The SMILES string of the molecule is Cc1ccc(S(=O)(=O)NC2CCC(O)CC2)cc1C1C=CC=C(c2csc(CN3CCOCC3)c2)O1. The summed E-state index contributed by atoms with van der Waals surface area (Å²) in [7, 11) is -3.67. The predicted molar refractivity (Wildman–Crippen MR) is 141 cm³/mol. The molecule has 1 aliphatic carbocycles. The lowest BCUT2D eigenvalue weighted by atomic mass is 9.94. The minimum Gasteiger partial charge on any atom is -0.481 e. The summed E-state index contributed by atoms with van der Waals surface area (Å²) >= 11 is 1.73. The summed E-state index contributed by atoms with van der Waals surface area (Å²) in [6.07, 6.45) is 7.75. The van der Waals surface area contributed by atoms with E-state index < -0.39 is 10.0 Å². The van der Waals surface area contributed by atoms with Crippen LogP contribution in [0.1, 0.15) is 53.4 Å². The third-order valence-corrected chi connectivity index (χ3v) is 9.53. The largest absolute Gasteiger partial charge is 0.481 e. The second-order valence-corrected chi connectivity index (χ2v) is 12.5. The second kappa shape index (κ2) is 11.2. The maximum atomic E-state index is 13.1. The molecular formula is C27H34N2O5S2. The number of benzene rings is 1. The molecule has 1 saturated carbocycles. The standard InChI is InChI=1S/C27H34N2O5S2/c1-19-5-10-24(36(31,32)28-21-6-8-22(30)9-7-21)16-25(19)27-4-2-3-26(34-27)20-15-23(35-18-20)17-29-11-13-33-14-12-29/h2-5,10,15-16,18,21-22,27-28,30H,6-9,11-14,17H2,1H3. The van der Waals surface area contributed by atoms with Gasteiger partial charge in [0.25, 0.3) is 0 Å². The van der Waals surface area contributed by atoms with Crippen molar-refractivity contribution < 1.29 is 23.0 Å². The first-order valence-corrected chi connectivity index (χ1v) is 15.0. The van der Waals surface area contributed by atoms with Crippen molar-refractivity contribution in [3.05, 3.63) is 69.4 Å². The van der Waals surface area contributed by atoms with E-state index in [1.807, 2.05) is 31.2 Å². The zero-order valence-electron chi connectivity index (χ0n) is 20.6. The van der Waals surface area contributed by atoms with E-state index in [1.165, 1.54) is 4.88 Å². The lowest BCUT2D eigenvalue weighted by Gasteiger charge is -2.26. The van der Waals surface area contributed by atoms with E-state index in [0.717, 1.165) is 55.3 Å². The van der Waals surface area contributed by atoms with E-state index in [0.29, 0.717) is 25.7 Å². The number of rotatable bonds is 7. The summed E-state index contributed by atoms with van der Waals surface area (Å²) in [6, 6.07) is 7.26. The van der Waals surface area contributed by atoms with Crippen molar-refractivity contribution in [2.45, 2.75) is 62.3 Å². The van der Waals surface area contributed by atoms with E-state index in [-0.39, 0.29) is 23.1 Å². The van der Waals surface area contributed by atoms with Crippen molar-refractivity contribution in [1.82, 2.24) is 9.62 Å². The topological polar surface area (TPSA) is 88.1 Å². The predicted octanol–water partition coefficient (Wildman–Crippen LogP) is 4.14. The highest BCUT2D eigenvalue weighted by atomic mass is 32.2. The first-order valence-electron chi connectivity index (χ1n) is 12.6. The average Bonchev–Trinajstić information content (AvgIpc) is 3.35. The van der Waals surface area contributed by atoms with Crippen molar-refractivity contribution >= 4 is 27.1 Å². The molecule has 2 fully saturated rings. The molecule has 1 aromatic heterocycles. The van der Waals surface area contributed by atoms with E-state index in [1.54, 1.807) is 23.5 Å². The van der Waals surface area contributed by atoms with Gasteiger partial charge in [0.2, 0.25) is 10.0 Å². The van der Waals surface area contributed by atoms with Crippen LogP contribution in [-0.2, 0) is 26.0 Å². The molecule has 5 rings (SSSR count). The lowest BCUT2D eigenvalue weighted by Crippen LogP contribution is -2.38.